The van der Waals surface area contributed by atoms with Gasteiger partial charge in [0.1, 0.15) is 0 Å². The van der Waals surface area contributed by atoms with Crippen molar-refractivity contribution in [3.63, 3.8) is 0 Å². The number of Topliss-reactive ketones (excluding diaryl/α,β-unsaturated/α-hetero) is 1. The molecule has 152 valence electrons. The number of nitrogens with two attached hydrogens (primary N) is 1. The van der Waals surface area contributed by atoms with E-state index in [0.717, 1.165) is 80.2 Å². The molecule has 2 saturated carbocycles. The molecule has 2 fully saturated rings. The highest BCUT2D eigenvalue weighted by atomic mass is 16.1. The highest BCUT2D eigenvalue weighted by Crippen LogP contribution is 2.38. The largest absolute Gasteiger partial charge is 0.381 e. The van der Waals surface area contributed by atoms with Gasteiger partial charge in [0, 0.05) is 36.1 Å². The van der Waals surface area contributed by atoms with Crippen molar-refractivity contribution in [1.82, 2.24) is 10.3 Å². The van der Waals surface area contributed by atoms with Crippen molar-refractivity contribution in [2.45, 2.75) is 57.0 Å². The summed E-state index contributed by atoms with van der Waals surface area (Å²) in [5.41, 5.74) is 11.4. The van der Waals surface area contributed by atoms with Gasteiger partial charge in [-0.25, -0.2) is 0 Å². The summed E-state index contributed by atoms with van der Waals surface area (Å²) in [4.78, 5) is 17.7. The molecule has 0 amide bonds. The Balaban J connectivity index is 1.57. The number of carbonyl (C=O) groups excluding carboxylic acids is 1. The number of hydrogen-bond acceptors (Lipinski definition) is 5. The smallest absolute Gasteiger partial charge is 0.169 e. The van der Waals surface area contributed by atoms with Gasteiger partial charge in [-0.3, -0.25) is 9.78 Å². The minimum atomic E-state index is 0.185. The number of hydrogen-bond donors (Lipinski definition) is 3. The summed E-state index contributed by atoms with van der Waals surface area (Å²) in [6, 6.07) is 7.18. The molecule has 5 heteroatoms. The second kappa shape index (κ2) is 7.88. The first-order chi connectivity index (χ1) is 14.2. The molecule has 0 radical (unpaired) electrons. The number of anilines is 1. The summed E-state index contributed by atoms with van der Waals surface area (Å²) in [5.74, 6) is 0.436. The normalized spacial score (nSPS) is 24.9. The lowest BCUT2D eigenvalue weighted by molar-refractivity contribution is 0.0968. The van der Waals surface area contributed by atoms with Crippen LogP contribution in [-0.2, 0) is 0 Å². The van der Waals surface area contributed by atoms with Crippen LogP contribution in [0.3, 0.4) is 0 Å². The summed E-state index contributed by atoms with van der Waals surface area (Å²) in [5, 5.41) is 8.21. The number of benzene rings is 1. The molecule has 0 spiro atoms. The van der Waals surface area contributed by atoms with E-state index >= 15 is 0 Å². The fourth-order valence-corrected chi connectivity index (χ4v) is 4.65. The number of pyridine rings is 1. The van der Waals surface area contributed by atoms with Crippen molar-refractivity contribution in [2.75, 3.05) is 18.4 Å². The third-order valence-corrected chi connectivity index (χ3v) is 6.64. The topological polar surface area (TPSA) is 80.0 Å². The van der Waals surface area contributed by atoms with Crippen molar-refractivity contribution in [2.24, 2.45) is 11.7 Å². The second-order valence-corrected chi connectivity index (χ2v) is 8.86. The van der Waals surface area contributed by atoms with Crippen LogP contribution in [0.4, 0.5) is 5.69 Å². The van der Waals surface area contributed by atoms with Crippen LogP contribution in [0.15, 0.2) is 30.5 Å². The molecule has 0 unspecified atom stereocenters. The summed E-state index contributed by atoms with van der Waals surface area (Å²) < 4.78 is 0. The molecule has 5 nitrogen and oxygen atoms in total. The van der Waals surface area contributed by atoms with Crippen LogP contribution in [-0.4, -0.2) is 35.9 Å². The van der Waals surface area contributed by atoms with Crippen LogP contribution in [0.5, 0.6) is 0 Å². The van der Waals surface area contributed by atoms with Gasteiger partial charge in [0.05, 0.1) is 16.8 Å². The minimum absolute atomic E-state index is 0.185. The lowest BCUT2D eigenvalue weighted by Crippen LogP contribution is -2.33. The van der Waals surface area contributed by atoms with E-state index in [2.05, 4.69) is 39.9 Å². The van der Waals surface area contributed by atoms with E-state index < -0.39 is 0 Å². The first kappa shape index (κ1) is 18.8. The van der Waals surface area contributed by atoms with Crippen molar-refractivity contribution in [3.8, 4) is 0 Å². The van der Waals surface area contributed by atoms with Gasteiger partial charge in [0.15, 0.2) is 5.78 Å². The molecular formula is C24H30N4O. The average Bonchev–Trinajstić information content (AvgIpc) is 3.61. The lowest BCUT2D eigenvalue weighted by Gasteiger charge is -2.29. The fraction of sp³-hybridized carbons (Fsp3) is 0.500. The lowest BCUT2D eigenvalue weighted by atomic mass is 9.90. The molecule has 1 aromatic carbocycles. The minimum Gasteiger partial charge on any atom is -0.381 e. The van der Waals surface area contributed by atoms with Crippen LogP contribution in [0.25, 0.3) is 16.5 Å². The van der Waals surface area contributed by atoms with Gasteiger partial charge in [0.25, 0.3) is 0 Å². The Hall–Kier alpha value is -2.24. The average molecular weight is 391 g/mol. The van der Waals surface area contributed by atoms with Gasteiger partial charge in [-0.05, 0) is 74.8 Å². The third-order valence-electron chi connectivity index (χ3n) is 6.64. The van der Waals surface area contributed by atoms with Gasteiger partial charge in [-0.15, -0.1) is 0 Å². The van der Waals surface area contributed by atoms with Crippen molar-refractivity contribution < 1.29 is 4.79 Å². The number of fused-ring (bicyclic) bond motifs is 1. The summed E-state index contributed by atoms with van der Waals surface area (Å²) in [6.07, 6.45) is 11.3. The third kappa shape index (κ3) is 3.94. The van der Waals surface area contributed by atoms with Crippen molar-refractivity contribution in [3.05, 3.63) is 41.6 Å². The van der Waals surface area contributed by atoms with E-state index in [1.165, 1.54) is 11.1 Å². The monoisotopic (exact) mass is 390 g/mol. The van der Waals surface area contributed by atoms with Crippen LogP contribution in [0.1, 0.15) is 60.9 Å². The predicted molar refractivity (Wildman–Crippen MR) is 118 cm³/mol. The molecule has 2 aromatic rings. The second-order valence-electron chi connectivity index (χ2n) is 8.86. The molecule has 0 bridgehead atoms. The summed E-state index contributed by atoms with van der Waals surface area (Å²) >= 11 is 0. The molecule has 0 saturated heterocycles. The molecule has 1 aliphatic heterocycles. The van der Waals surface area contributed by atoms with Crippen LogP contribution in [0, 0.1) is 5.92 Å². The zero-order valence-corrected chi connectivity index (χ0v) is 16.9. The van der Waals surface area contributed by atoms with Gasteiger partial charge in [-0.2, -0.15) is 0 Å². The van der Waals surface area contributed by atoms with E-state index in [0.29, 0.717) is 12.1 Å². The molecule has 2 heterocycles. The van der Waals surface area contributed by atoms with Crippen molar-refractivity contribution in [1.29, 1.82) is 0 Å². The fourth-order valence-electron chi connectivity index (χ4n) is 4.65. The Labute approximate surface area is 172 Å². The molecule has 4 N–H and O–H groups in total. The van der Waals surface area contributed by atoms with E-state index in [4.69, 9.17) is 5.73 Å². The van der Waals surface area contributed by atoms with Crippen LogP contribution < -0.4 is 16.4 Å². The van der Waals surface area contributed by atoms with Gasteiger partial charge < -0.3 is 16.4 Å². The van der Waals surface area contributed by atoms with E-state index in [-0.39, 0.29) is 11.7 Å². The number of carbonyl (C=O) groups is 1. The maximum atomic E-state index is 13.0. The quantitative estimate of drug-likeness (QED) is 0.675. The standard InChI is InChI=1S/C24H30N4O/c25-18-4-6-19(7-5-18)28-23-20-13-17(15-9-11-26-12-10-15)3-8-22(20)27-14-21(23)24(29)16-1-2-16/h3,8-9,13-14,16,18-19,26H,1-2,4-7,10-12,25H2,(H,27,28)/t18-,19-. The molecule has 3 aliphatic rings. The first-order valence-electron chi connectivity index (χ1n) is 11.1. The zero-order valence-electron chi connectivity index (χ0n) is 16.9. The zero-order chi connectivity index (χ0) is 19.8. The Kier molecular flexibility index (Phi) is 5.10. The molecule has 2 aliphatic carbocycles. The Morgan fingerprint density at radius 3 is 2.69 bits per heavy atom. The maximum Gasteiger partial charge on any atom is 0.169 e. The van der Waals surface area contributed by atoms with Gasteiger partial charge in [0.2, 0.25) is 0 Å². The molecule has 29 heavy (non-hydrogen) atoms. The number of nitrogens with one attached hydrogen (secondary N) is 2. The molecule has 5 rings (SSSR count). The number of rotatable bonds is 5. The van der Waals surface area contributed by atoms with Crippen LogP contribution in [0.2, 0.25) is 0 Å². The Morgan fingerprint density at radius 2 is 1.97 bits per heavy atom. The SMILES string of the molecule is N[C@H]1CC[C@H](Nc2c(C(=O)C3CC3)cnc3ccc(C4=CCNCC4)cc23)CC1. The molecule has 1 aromatic heterocycles. The number of ketones is 1. The van der Waals surface area contributed by atoms with E-state index in [1.807, 2.05) is 0 Å². The van der Waals surface area contributed by atoms with Crippen LogP contribution >= 0.6 is 0 Å². The Morgan fingerprint density at radius 1 is 1.14 bits per heavy atom. The highest BCUT2D eigenvalue weighted by Gasteiger charge is 2.33. The number of aromatic nitrogens is 1. The predicted octanol–water partition coefficient (Wildman–Crippen LogP) is 3.89. The maximum absolute atomic E-state index is 13.0. The molecule has 0 atom stereocenters. The first-order valence-corrected chi connectivity index (χ1v) is 11.1. The highest BCUT2D eigenvalue weighted by molar-refractivity contribution is 6.10. The summed E-state index contributed by atoms with van der Waals surface area (Å²) in [6.45, 7) is 1.93. The summed E-state index contributed by atoms with van der Waals surface area (Å²) in [7, 11) is 0. The van der Waals surface area contributed by atoms with Crippen molar-refractivity contribution >= 4 is 27.9 Å². The van der Waals surface area contributed by atoms with E-state index in [1.54, 1.807) is 6.20 Å². The molecular weight excluding hydrogens is 360 g/mol. The Bertz CT molecular complexity index is 955. The van der Waals surface area contributed by atoms with Gasteiger partial charge >= 0.3 is 0 Å². The number of nitrogens with zero attached hydrogens (tertiary/aromatic N) is 1. The van der Waals surface area contributed by atoms with E-state index in [9.17, 15) is 4.79 Å². The van der Waals surface area contributed by atoms with Gasteiger partial charge in [-0.1, -0.05) is 12.1 Å².